The van der Waals surface area contributed by atoms with Gasteiger partial charge < -0.3 is 10.5 Å². The first-order valence-electron chi connectivity index (χ1n) is 6.51. The molecule has 0 aromatic carbocycles. The van der Waals surface area contributed by atoms with E-state index in [9.17, 15) is 0 Å². The fourth-order valence-electron chi connectivity index (χ4n) is 2.33. The average Bonchev–Trinajstić information content (AvgIpc) is 2.78. The van der Waals surface area contributed by atoms with Crippen LogP contribution in [0.5, 0.6) is 0 Å². The molecule has 96 valence electrons. The monoisotopic (exact) mass is 238 g/mol. The Morgan fingerprint density at radius 1 is 1.65 bits per heavy atom. The molecule has 0 aliphatic carbocycles. The topological polar surface area (TPSA) is 66.0 Å². The van der Waals surface area contributed by atoms with E-state index < -0.39 is 0 Å². The van der Waals surface area contributed by atoms with Gasteiger partial charge in [0, 0.05) is 25.6 Å². The molecule has 1 aliphatic rings. The predicted octanol–water partition coefficient (Wildman–Crippen LogP) is 0.984. The summed E-state index contributed by atoms with van der Waals surface area (Å²) in [6.45, 7) is 4.74. The summed E-state index contributed by atoms with van der Waals surface area (Å²) in [5.41, 5.74) is 6.24. The van der Waals surface area contributed by atoms with Gasteiger partial charge in [-0.15, -0.1) is 0 Å². The van der Waals surface area contributed by atoms with Gasteiger partial charge in [-0.2, -0.15) is 5.10 Å². The van der Waals surface area contributed by atoms with E-state index in [0.717, 1.165) is 44.8 Å². The molecule has 1 aromatic rings. The first-order chi connectivity index (χ1) is 8.31. The number of hydrogen-bond donors (Lipinski definition) is 1. The molecule has 0 radical (unpaired) electrons. The van der Waals surface area contributed by atoms with Crippen LogP contribution in [0.25, 0.3) is 0 Å². The second-order valence-electron chi connectivity index (χ2n) is 4.74. The van der Waals surface area contributed by atoms with Crippen LogP contribution in [0.3, 0.4) is 0 Å². The standard InChI is InChI=1S/C12H22N4O/c1-2-5-16-12(14-9-15-16)7-11(13)10-4-3-6-17-8-10/h9-11H,2-8,13H2,1H3. The molecular formula is C12H22N4O. The van der Waals surface area contributed by atoms with Crippen LogP contribution in [0.2, 0.25) is 0 Å². The summed E-state index contributed by atoms with van der Waals surface area (Å²) >= 11 is 0. The van der Waals surface area contributed by atoms with Crippen LogP contribution in [0.4, 0.5) is 0 Å². The summed E-state index contributed by atoms with van der Waals surface area (Å²) in [7, 11) is 0. The van der Waals surface area contributed by atoms with Crippen LogP contribution in [0.1, 0.15) is 32.0 Å². The number of nitrogens with zero attached hydrogens (tertiary/aromatic N) is 3. The lowest BCUT2D eigenvalue weighted by atomic mass is 9.92. The molecule has 1 saturated heterocycles. The zero-order valence-corrected chi connectivity index (χ0v) is 10.5. The molecule has 5 heteroatoms. The highest BCUT2D eigenvalue weighted by atomic mass is 16.5. The Morgan fingerprint density at radius 2 is 2.53 bits per heavy atom. The van der Waals surface area contributed by atoms with Gasteiger partial charge in [-0.05, 0) is 25.2 Å². The molecule has 2 unspecified atom stereocenters. The maximum absolute atomic E-state index is 6.24. The molecule has 0 amide bonds. The van der Waals surface area contributed by atoms with Crippen molar-refractivity contribution in [1.29, 1.82) is 0 Å². The van der Waals surface area contributed by atoms with Gasteiger partial charge in [0.05, 0.1) is 6.61 Å². The molecule has 17 heavy (non-hydrogen) atoms. The second-order valence-corrected chi connectivity index (χ2v) is 4.74. The Kier molecular flexibility index (Phi) is 4.50. The van der Waals surface area contributed by atoms with Crippen molar-refractivity contribution in [3.63, 3.8) is 0 Å². The lowest BCUT2D eigenvalue weighted by Crippen LogP contribution is -2.38. The Bertz CT molecular complexity index is 333. The number of rotatable bonds is 5. The van der Waals surface area contributed by atoms with Crippen molar-refractivity contribution in [2.75, 3.05) is 13.2 Å². The fraction of sp³-hybridized carbons (Fsp3) is 0.833. The van der Waals surface area contributed by atoms with Gasteiger partial charge in [-0.25, -0.2) is 4.98 Å². The Labute approximate surface area is 102 Å². The summed E-state index contributed by atoms with van der Waals surface area (Å²) in [4.78, 5) is 4.30. The Morgan fingerprint density at radius 3 is 3.24 bits per heavy atom. The minimum atomic E-state index is 0.134. The fourth-order valence-corrected chi connectivity index (χ4v) is 2.33. The summed E-state index contributed by atoms with van der Waals surface area (Å²) in [5, 5.41) is 4.22. The lowest BCUT2D eigenvalue weighted by molar-refractivity contribution is 0.0446. The molecule has 2 atom stereocenters. The van der Waals surface area contributed by atoms with Crippen molar-refractivity contribution in [2.45, 2.75) is 45.2 Å². The van der Waals surface area contributed by atoms with Crippen molar-refractivity contribution >= 4 is 0 Å². The molecule has 1 aromatic heterocycles. The Balaban J connectivity index is 1.92. The van der Waals surface area contributed by atoms with Crippen molar-refractivity contribution in [1.82, 2.24) is 14.8 Å². The van der Waals surface area contributed by atoms with Crippen LogP contribution in [-0.2, 0) is 17.7 Å². The molecule has 0 bridgehead atoms. The second kappa shape index (κ2) is 6.12. The van der Waals surface area contributed by atoms with Crippen LogP contribution < -0.4 is 5.73 Å². The number of ether oxygens (including phenoxy) is 1. The van der Waals surface area contributed by atoms with E-state index in [-0.39, 0.29) is 6.04 Å². The van der Waals surface area contributed by atoms with Crippen molar-refractivity contribution in [3.8, 4) is 0 Å². The maximum atomic E-state index is 6.24. The predicted molar refractivity (Wildman–Crippen MR) is 65.5 cm³/mol. The minimum absolute atomic E-state index is 0.134. The molecule has 2 N–H and O–H groups in total. The highest BCUT2D eigenvalue weighted by Crippen LogP contribution is 2.18. The van der Waals surface area contributed by atoms with Crippen LogP contribution >= 0.6 is 0 Å². The summed E-state index contributed by atoms with van der Waals surface area (Å²) in [6, 6.07) is 0.134. The van der Waals surface area contributed by atoms with Crippen molar-refractivity contribution in [3.05, 3.63) is 12.2 Å². The summed E-state index contributed by atoms with van der Waals surface area (Å²) in [6.07, 6.45) is 5.78. The Hall–Kier alpha value is -0.940. The third-order valence-electron chi connectivity index (χ3n) is 3.35. The molecule has 5 nitrogen and oxygen atoms in total. The molecule has 0 saturated carbocycles. The van der Waals surface area contributed by atoms with E-state index >= 15 is 0 Å². The van der Waals surface area contributed by atoms with Gasteiger partial charge in [0.1, 0.15) is 12.2 Å². The number of aryl methyl sites for hydroxylation is 1. The van der Waals surface area contributed by atoms with Gasteiger partial charge in [0.2, 0.25) is 0 Å². The highest BCUT2D eigenvalue weighted by molar-refractivity contribution is 4.91. The van der Waals surface area contributed by atoms with E-state index in [1.807, 2.05) is 4.68 Å². The first-order valence-corrected chi connectivity index (χ1v) is 6.51. The van der Waals surface area contributed by atoms with E-state index in [2.05, 4.69) is 17.0 Å². The molecule has 2 heterocycles. The van der Waals surface area contributed by atoms with Crippen LogP contribution in [0.15, 0.2) is 6.33 Å². The molecule has 0 spiro atoms. The smallest absolute Gasteiger partial charge is 0.138 e. The summed E-state index contributed by atoms with van der Waals surface area (Å²) in [5.74, 6) is 1.47. The van der Waals surface area contributed by atoms with Gasteiger partial charge in [0.25, 0.3) is 0 Å². The molecule has 1 fully saturated rings. The molecule has 2 rings (SSSR count). The normalized spacial score (nSPS) is 22.6. The zero-order chi connectivity index (χ0) is 12.1. The van der Waals surface area contributed by atoms with Gasteiger partial charge in [-0.3, -0.25) is 4.68 Å². The number of nitrogens with two attached hydrogens (primary N) is 1. The third kappa shape index (κ3) is 3.26. The molecule has 1 aliphatic heterocycles. The van der Waals surface area contributed by atoms with Crippen molar-refractivity contribution < 1.29 is 4.74 Å². The number of hydrogen-bond acceptors (Lipinski definition) is 4. The van der Waals surface area contributed by atoms with Crippen LogP contribution in [-0.4, -0.2) is 34.0 Å². The average molecular weight is 238 g/mol. The molecular weight excluding hydrogens is 216 g/mol. The first kappa shape index (κ1) is 12.5. The van der Waals surface area contributed by atoms with E-state index in [1.54, 1.807) is 6.33 Å². The van der Waals surface area contributed by atoms with Gasteiger partial charge >= 0.3 is 0 Å². The third-order valence-corrected chi connectivity index (χ3v) is 3.35. The largest absolute Gasteiger partial charge is 0.381 e. The SMILES string of the molecule is CCCn1ncnc1CC(N)C1CCCOC1. The lowest BCUT2D eigenvalue weighted by Gasteiger charge is -2.27. The van der Waals surface area contributed by atoms with E-state index in [1.165, 1.54) is 6.42 Å². The van der Waals surface area contributed by atoms with Crippen LogP contribution in [0, 0.1) is 5.92 Å². The minimum Gasteiger partial charge on any atom is -0.381 e. The highest BCUT2D eigenvalue weighted by Gasteiger charge is 2.22. The van der Waals surface area contributed by atoms with Gasteiger partial charge in [0.15, 0.2) is 0 Å². The van der Waals surface area contributed by atoms with E-state index in [0.29, 0.717) is 5.92 Å². The number of aromatic nitrogens is 3. The quantitative estimate of drug-likeness (QED) is 0.830. The maximum Gasteiger partial charge on any atom is 0.138 e. The van der Waals surface area contributed by atoms with E-state index in [4.69, 9.17) is 10.5 Å². The van der Waals surface area contributed by atoms with Gasteiger partial charge in [-0.1, -0.05) is 6.92 Å². The zero-order valence-electron chi connectivity index (χ0n) is 10.5. The van der Waals surface area contributed by atoms with Crippen molar-refractivity contribution in [2.24, 2.45) is 11.7 Å². The summed E-state index contributed by atoms with van der Waals surface area (Å²) < 4.78 is 7.44.